The van der Waals surface area contributed by atoms with Crippen LogP contribution in [0.15, 0.2) is 48.8 Å². The number of hydrogen-bond acceptors (Lipinski definition) is 0. The standard InChI is InChI=1S/C16H20N/c1-14-10-12-17(13-15(14)2)11-6-9-16-7-4-3-5-8-16/h3-5,7-8,10,12-13H,6,9,11H2,1-2H3/q+1. The summed E-state index contributed by atoms with van der Waals surface area (Å²) >= 11 is 0. The minimum atomic E-state index is 1.09. The molecule has 0 saturated heterocycles. The van der Waals surface area contributed by atoms with Crippen LogP contribution >= 0.6 is 0 Å². The normalized spacial score (nSPS) is 10.5. The molecule has 0 unspecified atom stereocenters. The smallest absolute Gasteiger partial charge is 0.171 e. The first kappa shape index (κ1) is 11.8. The summed E-state index contributed by atoms with van der Waals surface area (Å²) in [5.41, 5.74) is 4.16. The summed E-state index contributed by atoms with van der Waals surface area (Å²) in [5.74, 6) is 0. The van der Waals surface area contributed by atoms with E-state index in [1.165, 1.54) is 23.1 Å². The minimum absolute atomic E-state index is 1.09. The van der Waals surface area contributed by atoms with Crippen molar-refractivity contribution >= 4 is 0 Å². The molecule has 0 aliphatic rings. The Morgan fingerprint density at radius 3 is 2.41 bits per heavy atom. The van der Waals surface area contributed by atoms with E-state index >= 15 is 0 Å². The molecule has 1 nitrogen and oxygen atoms in total. The molecule has 0 aliphatic heterocycles. The summed E-state index contributed by atoms with van der Waals surface area (Å²) < 4.78 is 2.28. The van der Waals surface area contributed by atoms with Crippen LogP contribution in [0.25, 0.3) is 0 Å². The van der Waals surface area contributed by atoms with Crippen LogP contribution in [0, 0.1) is 13.8 Å². The fourth-order valence-corrected chi connectivity index (χ4v) is 1.98. The molecule has 1 aromatic heterocycles. The van der Waals surface area contributed by atoms with Crippen molar-refractivity contribution in [1.82, 2.24) is 0 Å². The second kappa shape index (κ2) is 5.62. The second-order valence-electron chi connectivity index (χ2n) is 4.64. The summed E-state index contributed by atoms with van der Waals surface area (Å²) in [6, 6.07) is 12.9. The zero-order valence-electron chi connectivity index (χ0n) is 10.7. The highest BCUT2D eigenvalue weighted by molar-refractivity contribution is 5.16. The van der Waals surface area contributed by atoms with Crippen molar-refractivity contribution in [1.29, 1.82) is 0 Å². The van der Waals surface area contributed by atoms with Crippen molar-refractivity contribution in [2.24, 2.45) is 0 Å². The first-order chi connectivity index (χ1) is 8.25. The average Bonchev–Trinajstić information content (AvgIpc) is 2.35. The van der Waals surface area contributed by atoms with E-state index in [0.29, 0.717) is 0 Å². The fourth-order valence-electron chi connectivity index (χ4n) is 1.98. The lowest BCUT2D eigenvalue weighted by molar-refractivity contribution is -0.697. The highest BCUT2D eigenvalue weighted by Crippen LogP contribution is 2.03. The van der Waals surface area contributed by atoms with Crippen LogP contribution in [0.4, 0.5) is 0 Å². The van der Waals surface area contributed by atoms with Crippen molar-refractivity contribution in [3.05, 3.63) is 65.5 Å². The third kappa shape index (κ3) is 3.42. The van der Waals surface area contributed by atoms with Gasteiger partial charge in [-0.25, -0.2) is 4.57 Å². The van der Waals surface area contributed by atoms with Crippen LogP contribution in [0.3, 0.4) is 0 Å². The van der Waals surface area contributed by atoms with Gasteiger partial charge < -0.3 is 0 Å². The second-order valence-corrected chi connectivity index (χ2v) is 4.64. The summed E-state index contributed by atoms with van der Waals surface area (Å²) in [7, 11) is 0. The molecule has 2 aromatic rings. The van der Waals surface area contributed by atoms with E-state index in [1.807, 2.05) is 0 Å². The van der Waals surface area contributed by atoms with Crippen molar-refractivity contribution in [2.75, 3.05) is 0 Å². The number of aromatic nitrogens is 1. The molecule has 0 atom stereocenters. The Morgan fingerprint density at radius 1 is 0.941 bits per heavy atom. The van der Waals surface area contributed by atoms with E-state index in [4.69, 9.17) is 0 Å². The molecule has 1 aromatic carbocycles. The van der Waals surface area contributed by atoms with Crippen LogP contribution in [0.2, 0.25) is 0 Å². The summed E-state index contributed by atoms with van der Waals surface area (Å²) in [5, 5.41) is 0. The Kier molecular flexibility index (Phi) is 3.92. The first-order valence-corrected chi connectivity index (χ1v) is 6.26. The zero-order valence-corrected chi connectivity index (χ0v) is 10.7. The van der Waals surface area contributed by atoms with Crippen LogP contribution < -0.4 is 4.57 Å². The minimum Gasteiger partial charge on any atom is -0.205 e. The van der Waals surface area contributed by atoms with Gasteiger partial charge in [-0.3, -0.25) is 0 Å². The Balaban J connectivity index is 1.88. The predicted octanol–water partition coefficient (Wildman–Crippen LogP) is 3.22. The molecule has 0 aliphatic carbocycles. The van der Waals surface area contributed by atoms with Gasteiger partial charge in [0.05, 0.1) is 0 Å². The number of nitrogens with zero attached hydrogens (tertiary/aromatic N) is 1. The molecule has 0 bridgehead atoms. The lowest BCUT2D eigenvalue weighted by atomic mass is 10.1. The van der Waals surface area contributed by atoms with Crippen LogP contribution in [0.5, 0.6) is 0 Å². The van der Waals surface area contributed by atoms with E-state index in [2.05, 4.69) is 67.2 Å². The summed E-state index contributed by atoms with van der Waals surface area (Å²) in [6.45, 7) is 5.42. The SMILES string of the molecule is Cc1cc[n+](CCCc2ccccc2)cc1C. The maximum Gasteiger partial charge on any atom is 0.171 e. The number of rotatable bonds is 4. The van der Waals surface area contributed by atoms with E-state index < -0.39 is 0 Å². The molecule has 0 saturated carbocycles. The maximum atomic E-state index is 2.28. The van der Waals surface area contributed by atoms with Gasteiger partial charge in [0.1, 0.15) is 6.54 Å². The molecular formula is C16H20N+. The molecule has 0 spiro atoms. The van der Waals surface area contributed by atoms with Gasteiger partial charge in [-0.05, 0) is 31.4 Å². The van der Waals surface area contributed by atoms with Gasteiger partial charge in [-0.2, -0.15) is 0 Å². The van der Waals surface area contributed by atoms with Crippen LogP contribution in [-0.2, 0) is 13.0 Å². The molecule has 0 fully saturated rings. The molecule has 0 amide bonds. The van der Waals surface area contributed by atoms with Gasteiger partial charge in [0.25, 0.3) is 0 Å². The molecule has 0 radical (unpaired) electrons. The predicted molar refractivity (Wildman–Crippen MR) is 70.9 cm³/mol. The molecule has 1 heterocycles. The number of pyridine rings is 1. The van der Waals surface area contributed by atoms with Gasteiger partial charge in [0.2, 0.25) is 0 Å². The van der Waals surface area contributed by atoms with Gasteiger partial charge in [0.15, 0.2) is 12.4 Å². The largest absolute Gasteiger partial charge is 0.205 e. The summed E-state index contributed by atoms with van der Waals surface area (Å²) in [4.78, 5) is 0. The number of aryl methyl sites for hydroxylation is 4. The van der Waals surface area contributed by atoms with Crippen molar-refractivity contribution in [2.45, 2.75) is 33.2 Å². The lowest BCUT2D eigenvalue weighted by Gasteiger charge is -2.01. The first-order valence-electron chi connectivity index (χ1n) is 6.26. The van der Waals surface area contributed by atoms with Crippen molar-refractivity contribution < 1.29 is 4.57 Å². The van der Waals surface area contributed by atoms with Crippen molar-refractivity contribution in [3.8, 4) is 0 Å². The Hall–Kier alpha value is -1.63. The zero-order chi connectivity index (χ0) is 12.1. The van der Waals surface area contributed by atoms with E-state index in [0.717, 1.165) is 13.0 Å². The highest BCUT2D eigenvalue weighted by atomic mass is 14.9. The molecule has 2 rings (SSSR count). The maximum absolute atomic E-state index is 2.28. The summed E-state index contributed by atoms with van der Waals surface area (Å²) in [6.07, 6.45) is 6.76. The van der Waals surface area contributed by atoms with Crippen molar-refractivity contribution in [3.63, 3.8) is 0 Å². The third-order valence-electron chi connectivity index (χ3n) is 3.22. The van der Waals surface area contributed by atoms with Crippen LogP contribution in [-0.4, -0.2) is 0 Å². The van der Waals surface area contributed by atoms with Gasteiger partial charge >= 0.3 is 0 Å². The molecule has 17 heavy (non-hydrogen) atoms. The molecule has 88 valence electrons. The van der Waals surface area contributed by atoms with Crippen LogP contribution in [0.1, 0.15) is 23.1 Å². The number of benzene rings is 1. The Bertz CT molecular complexity index is 474. The van der Waals surface area contributed by atoms with Gasteiger partial charge in [-0.15, -0.1) is 0 Å². The molecule has 0 N–H and O–H groups in total. The molecular weight excluding hydrogens is 206 g/mol. The quantitative estimate of drug-likeness (QED) is 0.705. The Labute approximate surface area is 104 Å². The average molecular weight is 226 g/mol. The van der Waals surface area contributed by atoms with Gasteiger partial charge in [0, 0.05) is 18.1 Å². The van der Waals surface area contributed by atoms with Gasteiger partial charge in [-0.1, -0.05) is 30.3 Å². The monoisotopic (exact) mass is 226 g/mol. The Morgan fingerprint density at radius 2 is 1.71 bits per heavy atom. The van der Waals surface area contributed by atoms with E-state index in [9.17, 15) is 0 Å². The van der Waals surface area contributed by atoms with E-state index in [-0.39, 0.29) is 0 Å². The fraction of sp³-hybridized carbons (Fsp3) is 0.312. The topological polar surface area (TPSA) is 3.88 Å². The molecule has 1 heteroatoms. The lowest BCUT2D eigenvalue weighted by Crippen LogP contribution is -2.33. The third-order valence-corrected chi connectivity index (χ3v) is 3.22. The van der Waals surface area contributed by atoms with E-state index in [1.54, 1.807) is 0 Å². The highest BCUT2D eigenvalue weighted by Gasteiger charge is 2.02. The number of hydrogen-bond donors (Lipinski definition) is 0.